The van der Waals surface area contributed by atoms with Gasteiger partial charge in [0.05, 0.1) is 38.7 Å². The second-order valence-corrected chi connectivity index (χ2v) is 11.7. The minimum absolute atomic E-state index is 0.00917. The highest BCUT2D eigenvalue weighted by Crippen LogP contribution is 2.37. The second kappa shape index (κ2) is 13.1. The van der Waals surface area contributed by atoms with Gasteiger partial charge in [0.15, 0.2) is 5.76 Å². The number of methoxy groups -OCH3 is 2. The number of hydrogen-bond donors (Lipinski definition) is 1. The Bertz CT molecular complexity index is 1860. The number of rotatable bonds is 9. The van der Waals surface area contributed by atoms with Crippen molar-refractivity contribution in [2.45, 2.75) is 37.8 Å². The van der Waals surface area contributed by atoms with Gasteiger partial charge in [-0.3, -0.25) is 19.3 Å². The third-order valence-corrected chi connectivity index (χ3v) is 8.67. The Kier molecular flexibility index (Phi) is 8.76. The zero-order valence-electron chi connectivity index (χ0n) is 25.5. The van der Waals surface area contributed by atoms with Crippen LogP contribution >= 0.6 is 0 Å². The van der Waals surface area contributed by atoms with Crippen LogP contribution in [0.15, 0.2) is 86.8 Å². The maximum atomic E-state index is 13.0. The summed E-state index contributed by atoms with van der Waals surface area (Å²) in [6.07, 6.45) is 0.776. The summed E-state index contributed by atoms with van der Waals surface area (Å²) < 4.78 is 23.6. The zero-order chi connectivity index (χ0) is 32.4. The summed E-state index contributed by atoms with van der Waals surface area (Å²) in [4.78, 5) is 52.7. The molecule has 2 aliphatic rings. The lowest BCUT2D eigenvalue weighted by Gasteiger charge is -2.42. The highest BCUT2D eigenvalue weighted by Gasteiger charge is 2.35. The van der Waals surface area contributed by atoms with Crippen LogP contribution in [0, 0.1) is 5.92 Å². The molecule has 4 aromatic rings. The van der Waals surface area contributed by atoms with Gasteiger partial charge in [-0.25, -0.2) is 4.79 Å². The van der Waals surface area contributed by atoms with Crippen molar-refractivity contribution in [3.63, 3.8) is 0 Å². The number of piperidine rings is 1. The first-order valence-corrected chi connectivity index (χ1v) is 15.0. The van der Waals surface area contributed by atoms with Crippen molar-refractivity contribution in [1.82, 2.24) is 9.47 Å². The van der Waals surface area contributed by atoms with Crippen molar-refractivity contribution in [3.05, 3.63) is 122 Å². The number of benzene rings is 2. The molecule has 0 radical (unpaired) electrons. The molecule has 46 heavy (non-hydrogen) atoms. The SMILES string of the molecule is COC(=O)C[C@@H](c1ccc(OC(=O)c2ccc(OC)cc2)cc1)c1oc(CN2C[C@@H]3C[C@H](C2)c2cccc(=O)n2C3)cc(=O)c1O. The van der Waals surface area contributed by atoms with Gasteiger partial charge in [0.2, 0.25) is 11.2 Å². The molecule has 1 N–H and O–H groups in total. The number of likely N-dealkylation sites (tertiary alicyclic amines) is 1. The molecule has 4 heterocycles. The number of carbonyl (C=O) groups excluding carboxylic acids is 2. The second-order valence-electron chi connectivity index (χ2n) is 11.7. The van der Waals surface area contributed by atoms with Gasteiger partial charge in [0, 0.05) is 43.4 Å². The average molecular weight is 627 g/mol. The molecule has 6 rings (SSSR count). The van der Waals surface area contributed by atoms with E-state index in [4.69, 9.17) is 18.6 Å². The topological polar surface area (TPSA) is 138 Å². The number of nitrogens with zero attached hydrogens (tertiary/aromatic N) is 2. The summed E-state index contributed by atoms with van der Waals surface area (Å²) in [5.41, 5.74) is 1.28. The van der Waals surface area contributed by atoms with Crippen LogP contribution in [0.4, 0.5) is 0 Å². The van der Waals surface area contributed by atoms with E-state index in [1.54, 1.807) is 60.7 Å². The minimum atomic E-state index is -0.856. The molecule has 2 aliphatic heterocycles. The van der Waals surface area contributed by atoms with Crippen LogP contribution in [0.3, 0.4) is 0 Å². The normalized spacial score (nSPS) is 17.9. The minimum Gasteiger partial charge on any atom is -0.502 e. The third kappa shape index (κ3) is 6.45. The molecule has 3 atom stereocenters. The monoisotopic (exact) mass is 626 g/mol. The summed E-state index contributed by atoms with van der Waals surface area (Å²) in [5, 5.41) is 10.9. The van der Waals surface area contributed by atoms with Gasteiger partial charge in [0.1, 0.15) is 17.3 Å². The van der Waals surface area contributed by atoms with Crippen LogP contribution in [-0.4, -0.2) is 53.8 Å². The molecule has 1 saturated heterocycles. The van der Waals surface area contributed by atoms with Crippen molar-refractivity contribution in [3.8, 4) is 17.2 Å². The van der Waals surface area contributed by atoms with E-state index in [0.29, 0.717) is 42.3 Å². The van der Waals surface area contributed by atoms with E-state index >= 15 is 0 Å². The largest absolute Gasteiger partial charge is 0.502 e. The van der Waals surface area contributed by atoms with E-state index < -0.39 is 29.0 Å². The number of aromatic nitrogens is 1. The number of aromatic hydroxyl groups is 1. The van der Waals surface area contributed by atoms with Crippen LogP contribution in [0.1, 0.15) is 57.8 Å². The molecule has 0 amide bonds. The van der Waals surface area contributed by atoms with E-state index in [-0.39, 0.29) is 35.3 Å². The third-order valence-electron chi connectivity index (χ3n) is 8.67. The van der Waals surface area contributed by atoms with Crippen LogP contribution in [0.5, 0.6) is 17.2 Å². The van der Waals surface area contributed by atoms with Crippen molar-refractivity contribution >= 4 is 11.9 Å². The van der Waals surface area contributed by atoms with Crippen LogP contribution in [0.25, 0.3) is 0 Å². The molecular weight excluding hydrogens is 592 g/mol. The lowest BCUT2D eigenvalue weighted by atomic mass is 9.83. The Hall–Kier alpha value is -5.16. The quantitative estimate of drug-likeness (QED) is 0.214. The van der Waals surface area contributed by atoms with E-state index in [2.05, 4.69) is 4.90 Å². The summed E-state index contributed by atoms with van der Waals surface area (Å²) in [6, 6.07) is 19.6. The molecule has 1 fully saturated rings. The van der Waals surface area contributed by atoms with Gasteiger partial charge in [-0.1, -0.05) is 18.2 Å². The standard InChI is InChI=1S/C35H34N2O9/c1-43-25-10-8-23(9-11-25)35(42)46-26-12-6-22(7-13-26)28(16-32(40)44-2)34-33(41)30(38)15-27(45-34)20-36-17-21-14-24(19-36)29-4-3-5-31(39)37(29)18-21/h3-13,15,21,24,28,41H,14,16-20H2,1-2H3/t21-,24+,28-/m0/s1. The van der Waals surface area contributed by atoms with Gasteiger partial charge in [0.25, 0.3) is 5.56 Å². The molecule has 0 spiro atoms. The lowest BCUT2D eigenvalue weighted by molar-refractivity contribution is -0.140. The number of hydrogen-bond acceptors (Lipinski definition) is 10. The van der Waals surface area contributed by atoms with Crippen LogP contribution in [0.2, 0.25) is 0 Å². The van der Waals surface area contributed by atoms with E-state index in [1.165, 1.54) is 20.3 Å². The first kappa shape index (κ1) is 30.8. The molecule has 2 aromatic heterocycles. The Morgan fingerprint density at radius 1 is 0.957 bits per heavy atom. The maximum absolute atomic E-state index is 13.0. The van der Waals surface area contributed by atoms with E-state index in [0.717, 1.165) is 18.7 Å². The van der Waals surface area contributed by atoms with Crippen molar-refractivity contribution in [1.29, 1.82) is 0 Å². The van der Waals surface area contributed by atoms with Crippen LogP contribution in [-0.2, 0) is 22.6 Å². The number of fused-ring (bicyclic) bond motifs is 4. The first-order valence-electron chi connectivity index (χ1n) is 15.0. The van der Waals surface area contributed by atoms with Crippen molar-refractivity contribution in [2.24, 2.45) is 5.92 Å². The Balaban J connectivity index is 1.23. The molecule has 0 unspecified atom stereocenters. The molecule has 0 aliphatic carbocycles. The van der Waals surface area contributed by atoms with Crippen molar-refractivity contribution < 1.29 is 33.3 Å². The highest BCUT2D eigenvalue weighted by atomic mass is 16.5. The predicted molar refractivity (Wildman–Crippen MR) is 166 cm³/mol. The van der Waals surface area contributed by atoms with Crippen molar-refractivity contribution in [2.75, 3.05) is 27.3 Å². The van der Waals surface area contributed by atoms with E-state index in [1.807, 2.05) is 10.6 Å². The number of esters is 2. The number of carbonyl (C=O) groups is 2. The fourth-order valence-electron chi connectivity index (χ4n) is 6.49. The molecule has 11 heteroatoms. The van der Waals surface area contributed by atoms with Gasteiger partial charge in [-0.05, 0) is 60.4 Å². The Morgan fingerprint density at radius 3 is 2.41 bits per heavy atom. The Morgan fingerprint density at radius 2 is 1.70 bits per heavy atom. The maximum Gasteiger partial charge on any atom is 0.343 e. The van der Waals surface area contributed by atoms with E-state index in [9.17, 15) is 24.3 Å². The zero-order valence-corrected chi connectivity index (χ0v) is 25.5. The molecule has 2 aromatic carbocycles. The van der Waals surface area contributed by atoms with Gasteiger partial charge in [-0.15, -0.1) is 0 Å². The molecule has 11 nitrogen and oxygen atoms in total. The van der Waals surface area contributed by atoms with Gasteiger partial charge >= 0.3 is 11.9 Å². The predicted octanol–water partition coefficient (Wildman–Crippen LogP) is 4.05. The summed E-state index contributed by atoms with van der Waals surface area (Å²) in [5.74, 6) is -0.941. The highest BCUT2D eigenvalue weighted by molar-refractivity contribution is 5.91. The van der Waals surface area contributed by atoms with Gasteiger partial charge in [-0.2, -0.15) is 0 Å². The molecule has 2 bridgehead atoms. The molecule has 238 valence electrons. The number of pyridine rings is 1. The van der Waals surface area contributed by atoms with Crippen LogP contribution < -0.4 is 20.5 Å². The molecule has 0 saturated carbocycles. The van der Waals surface area contributed by atoms with Gasteiger partial charge < -0.3 is 28.3 Å². The fraction of sp³-hybridized carbons (Fsp3) is 0.314. The lowest BCUT2D eigenvalue weighted by Crippen LogP contribution is -2.46. The first-order chi connectivity index (χ1) is 22.2. The fourth-order valence-corrected chi connectivity index (χ4v) is 6.49. The summed E-state index contributed by atoms with van der Waals surface area (Å²) in [7, 11) is 2.79. The average Bonchev–Trinajstić information content (AvgIpc) is 3.06. The number of ether oxygens (including phenoxy) is 3. The molecular formula is C35H34N2O9. The Labute approximate surface area is 264 Å². The summed E-state index contributed by atoms with van der Waals surface area (Å²) in [6.45, 7) is 2.36. The smallest absolute Gasteiger partial charge is 0.343 e. The summed E-state index contributed by atoms with van der Waals surface area (Å²) >= 11 is 0.